The summed E-state index contributed by atoms with van der Waals surface area (Å²) < 4.78 is 39.3. The van der Waals surface area contributed by atoms with E-state index in [4.69, 9.17) is 9.15 Å². The summed E-state index contributed by atoms with van der Waals surface area (Å²) in [4.78, 5) is 8.89. The Hall–Kier alpha value is -3.81. The molecule has 0 saturated heterocycles. The molecule has 0 N–H and O–H groups in total. The summed E-state index contributed by atoms with van der Waals surface area (Å²) in [6.45, 7) is -0.0135. The number of aromatic nitrogens is 4. The largest absolute Gasteiger partial charge is 0.483 e. The standard InChI is InChI=1S/C20H12F2N4O2/c21-12-5-7-17(15(22)9-12)27-10-13-6-8-18(28-13)19-24-20-14-3-1-2-4-16(14)23-11-26(20)25-19/h1-9,11H,10H2. The first-order chi connectivity index (χ1) is 13.7. The number of nitrogens with zero attached hydrogens (tertiary/aromatic N) is 4. The Morgan fingerprint density at radius 2 is 1.93 bits per heavy atom. The van der Waals surface area contributed by atoms with Crippen LogP contribution in [0.15, 0.2) is 65.3 Å². The van der Waals surface area contributed by atoms with E-state index >= 15 is 0 Å². The van der Waals surface area contributed by atoms with Gasteiger partial charge < -0.3 is 9.15 Å². The van der Waals surface area contributed by atoms with Crippen LogP contribution in [0.4, 0.5) is 8.78 Å². The third kappa shape index (κ3) is 2.84. The van der Waals surface area contributed by atoms with Gasteiger partial charge in [0.05, 0.1) is 5.52 Å². The highest BCUT2D eigenvalue weighted by atomic mass is 19.1. The van der Waals surface area contributed by atoms with Crippen LogP contribution >= 0.6 is 0 Å². The minimum Gasteiger partial charge on any atom is -0.483 e. The van der Waals surface area contributed by atoms with E-state index in [1.54, 1.807) is 23.0 Å². The van der Waals surface area contributed by atoms with Crippen LogP contribution < -0.4 is 4.74 Å². The van der Waals surface area contributed by atoms with Crippen molar-refractivity contribution in [3.05, 3.63) is 78.3 Å². The molecule has 3 heterocycles. The molecule has 0 unspecified atom stereocenters. The first kappa shape index (κ1) is 16.4. The summed E-state index contributed by atoms with van der Waals surface area (Å²) in [7, 11) is 0. The average Bonchev–Trinajstić information content (AvgIpc) is 3.34. The predicted octanol–water partition coefficient (Wildman–Crippen LogP) is 4.39. The zero-order valence-electron chi connectivity index (χ0n) is 14.3. The van der Waals surface area contributed by atoms with Gasteiger partial charge in [-0.05, 0) is 36.4 Å². The minimum absolute atomic E-state index is 0.0135. The monoisotopic (exact) mass is 378 g/mol. The predicted molar refractivity (Wildman–Crippen MR) is 96.7 cm³/mol. The van der Waals surface area contributed by atoms with E-state index in [1.807, 2.05) is 24.3 Å². The molecule has 5 rings (SSSR count). The third-order valence-electron chi connectivity index (χ3n) is 4.23. The van der Waals surface area contributed by atoms with Gasteiger partial charge in [-0.2, -0.15) is 0 Å². The lowest BCUT2D eigenvalue weighted by Crippen LogP contribution is -1.96. The molecule has 28 heavy (non-hydrogen) atoms. The Morgan fingerprint density at radius 1 is 1.04 bits per heavy atom. The summed E-state index contributed by atoms with van der Waals surface area (Å²) in [5.41, 5.74) is 1.49. The van der Waals surface area contributed by atoms with Gasteiger partial charge in [0.15, 0.2) is 23.0 Å². The molecule has 0 aliphatic rings. The van der Waals surface area contributed by atoms with E-state index in [-0.39, 0.29) is 12.4 Å². The van der Waals surface area contributed by atoms with Crippen molar-refractivity contribution < 1.29 is 17.9 Å². The Bertz CT molecular complexity index is 1310. The average molecular weight is 378 g/mol. The molecule has 0 bridgehead atoms. The van der Waals surface area contributed by atoms with E-state index < -0.39 is 11.6 Å². The molecule has 0 aliphatic carbocycles. The number of fused-ring (bicyclic) bond motifs is 3. The fourth-order valence-electron chi connectivity index (χ4n) is 2.90. The summed E-state index contributed by atoms with van der Waals surface area (Å²) in [5.74, 6) is -0.176. The second kappa shape index (κ2) is 6.41. The van der Waals surface area contributed by atoms with Crippen LogP contribution in [0.1, 0.15) is 5.76 Å². The topological polar surface area (TPSA) is 65.5 Å². The van der Waals surface area contributed by atoms with Crippen molar-refractivity contribution in [3.8, 4) is 17.3 Å². The molecule has 0 fully saturated rings. The number of furan rings is 1. The van der Waals surface area contributed by atoms with Crippen molar-refractivity contribution in [2.45, 2.75) is 6.61 Å². The first-order valence-electron chi connectivity index (χ1n) is 8.44. The van der Waals surface area contributed by atoms with Crippen molar-refractivity contribution in [3.63, 3.8) is 0 Å². The van der Waals surface area contributed by atoms with Gasteiger partial charge in [0.25, 0.3) is 0 Å². The van der Waals surface area contributed by atoms with Crippen molar-refractivity contribution in [2.24, 2.45) is 0 Å². The molecule has 138 valence electrons. The van der Waals surface area contributed by atoms with E-state index in [9.17, 15) is 8.78 Å². The maximum absolute atomic E-state index is 13.6. The van der Waals surface area contributed by atoms with Gasteiger partial charge in [-0.15, -0.1) is 5.10 Å². The van der Waals surface area contributed by atoms with Crippen LogP contribution in [0.5, 0.6) is 5.75 Å². The summed E-state index contributed by atoms with van der Waals surface area (Å²) in [5, 5.41) is 5.28. The highest BCUT2D eigenvalue weighted by molar-refractivity contribution is 5.91. The maximum atomic E-state index is 13.6. The van der Waals surface area contributed by atoms with Gasteiger partial charge in [0, 0.05) is 11.5 Å². The third-order valence-corrected chi connectivity index (χ3v) is 4.23. The second-order valence-corrected chi connectivity index (χ2v) is 6.09. The molecule has 3 aromatic heterocycles. The van der Waals surface area contributed by atoms with Crippen LogP contribution in [0.3, 0.4) is 0 Å². The van der Waals surface area contributed by atoms with Gasteiger partial charge in [-0.25, -0.2) is 23.3 Å². The van der Waals surface area contributed by atoms with Crippen LogP contribution in [0, 0.1) is 11.6 Å². The van der Waals surface area contributed by atoms with Crippen LogP contribution in [0.2, 0.25) is 0 Å². The molecular weight excluding hydrogens is 366 g/mol. The number of halogens is 2. The minimum atomic E-state index is -0.770. The molecule has 5 aromatic rings. The van der Waals surface area contributed by atoms with Crippen molar-refractivity contribution in [1.29, 1.82) is 0 Å². The Balaban J connectivity index is 1.42. The van der Waals surface area contributed by atoms with Crippen molar-refractivity contribution in [2.75, 3.05) is 0 Å². The highest BCUT2D eigenvalue weighted by Gasteiger charge is 2.14. The lowest BCUT2D eigenvalue weighted by Gasteiger charge is -2.05. The normalized spacial score (nSPS) is 11.4. The molecule has 0 amide bonds. The maximum Gasteiger partial charge on any atom is 0.217 e. The number of hydrogen-bond donors (Lipinski definition) is 0. The molecule has 0 radical (unpaired) electrons. The molecule has 2 aromatic carbocycles. The fourth-order valence-corrected chi connectivity index (χ4v) is 2.90. The van der Waals surface area contributed by atoms with E-state index in [1.165, 1.54) is 6.07 Å². The number of hydrogen-bond acceptors (Lipinski definition) is 5. The van der Waals surface area contributed by atoms with Crippen LogP contribution in [-0.4, -0.2) is 19.6 Å². The molecule has 6 nitrogen and oxygen atoms in total. The van der Waals surface area contributed by atoms with E-state index in [2.05, 4.69) is 15.1 Å². The second-order valence-electron chi connectivity index (χ2n) is 6.09. The van der Waals surface area contributed by atoms with Gasteiger partial charge in [0.1, 0.15) is 24.5 Å². The lowest BCUT2D eigenvalue weighted by atomic mass is 10.2. The lowest BCUT2D eigenvalue weighted by molar-refractivity contribution is 0.259. The highest BCUT2D eigenvalue weighted by Crippen LogP contribution is 2.24. The summed E-state index contributed by atoms with van der Waals surface area (Å²) in [6, 6.07) is 14.2. The quantitative estimate of drug-likeness (QED) is 0.464. The smallest absolute Gasteiger partial charge is 0.217 e. The number of rotatable bonds is 4. The molecule has 0 saturated carbocycles. The molecular formula is C20H12F2N4O2. The fraction of sp³-hybridized carbons (Fsp3) is 0.0500. The van der Waals surface area contributed by atoms with Crippen molar-refractivity contribution in [1.82, 2.24) is 19.6 Å². The SMILES string of the molecule is Fc1ccc(OCc2ccc(-c3nc4c5ccccc5ncn4n3)o2)c(F)c1. The number of para-hydroxylation sites is 1. The van der Waals surface area contributed by atoms with Gasteiger partial charge in [-0.3, -0.25) is 0 Å². The van der Waals surface area contributed by atoms with Gasteiger partial charge in [0.2, 0.25) is 5.82 Å². The summed E-state index contributed by atoms with van der Waals surface area (Å²) >= 11 is 0. The van der Waals surface area contributed by atoms with E-state index in [0.29, 0.717) is 23.0 Å². The zero-order chi connectivity index (χ0) is 19.1. The summed E-state index contributed by atoms with van der Waals surface area (Å²) in [6.07, 6.45) is 1.60. The number of benzene rings is 2. The van der Waals surface area contributed by atoms with Gasteiger partial charge in [-0.1, -0.05) is 12.1 Å². The van der Waals surface area contributed by atoms with Crippen LogP contribution in [0.25, 0.3) is 28.1 Å². The molecule has 0 spiro atoms. The number of ether oxygens (including phenoxy) is 1. The van der Waals surface area contributed by atoms with Crippen molar-refractivity contribution >= 4 is 16.6 Å². The first-order valence-corrected chi connectivity index (χ1v) is 8.44. The van der Waals surface area contributed by atoms with E-state index in [0.717, 1.165) is 23.0 Å². The molecule has 0 atom stereocenters. The molecule has 8 heteroatoms. The molecule has 0 aliphatic heterocycles. The Morgan fingerprint density at radius 3 is 2.82 bits per heavy atom. The van der Waals surface area contributed by atoms with Gasteiger partial charge >= 0.3 is 0 Å². The van der Waals surface area contributed by atoms with Crippen LogP contribution in [-0.2, 0) is 6.61 Å². The Kier molecular flexibility index (Phi) is 3.75. The Labute approximate surface area is 157 Å². The zero-order valence-corrected chi connectivity index (χ0v) is 14.3.